The predicted molar refractivity (Wildman–Crippen MR) is 87.3 cm³/mol. The Kier molecular flexibility index (Phi) is 4.97. The average Bonchev–Trinajstić information content (AvgIpc) is 2.48. The summed E-state index contributed by atoms with van der Waals surface area (Å²) >= 11 is 0. The van der Waals surface area contributed by atoms with Crippen LogP contribution in [-0.4, -0.2) is 6.54 Å². The lowest BCUT2D eigenvalue weighted by Gasteiger charge is -2.19. The van der Waals surface area contributed by atoms with Gasteiger partial charge in [0.25, 0.3) is 0 Å². The summed E-state index contributed by atoms with van der Waals surface area (Å²) in [5, 5.41) is 0. The van der Waals surface area contributed by atoms with E-state index in [1.165, 1.54) is 27.8 Å². The van der Waals surface area contributed by atoms with Crippen LogP contribution >= 0.6 is 0 Å². The Bertz CT molecular complexity index is 554. The van der Waals surface area contributed by atoms with Crippen molar-refractivity contribution in [2.24, 2.45) is 5.73 Å². The summed E-state index contributed by atoms with van der Waals surface area (Å²) in [5.41, 5.74) is 12.7. The number of aryl methyl sites for hydroxylation is 3. The molecule has 2 N–H and O–H groups in total. The van der Waals surface area contributed by atoms with Crippen LogP contribution in [0.3, 0.4) is 0 Å². The van der Waals surface area contributed by atoms with E-state index in [0.29, 0.717) is 12.5 Å². The Morgan fingerprint density at radius 1 is 0.900 bits per heavy atom. The molecule has 0 heterocycles. The number of hydrogen-bond donors (Lipinski definition) is 1. The van der Waals surface area contributed by atoms with E-state index >= 15 is 0 Å². The first-order chi connectivity index (χ1) is 9.65. The van der Waals surface area contributed by atoms with Crippen LogP contribution in [0.4, 0.5) is 0 Å². The third-order valence-electron chi connectivity index (χ3n) is 4.18. The molecule has 1 nitrogen and oxygen atoms in total. The van der Waals surface area contributed by atoms with E-state index in [1.54, 1.807) is 0 Å². The van der Waals surface area contributed by atoms with Crippen LogP contribution in [0.2, 0.25) is 0 Å². The molecule has 106 valence electrons. The molecule has 0 spiro atoms. The van der Waals surface area contributed by atoms with E-state index in [0.717, 1.165) is 12.8 Å². The second kappa shape index (κ2) is 6.71. The Morgan fingerprint density at radius 3 is 2.10 bits per heavy atom. The van der Waals surface area contributed by atoms with Crippen molar-refractivity contribution < 1.29 is 0 Å². The van der Waals surface area contributed by atoms with Crippen LogP contribution in [0.1, 0.15) is 47.1 Å². The summed E-state index contributed by atoms with van der Waals surface area (Å²) in [7, 11) is 0. The zero-order valence-electron chi connectivity index (χ0n) is 12.8. The van der Waals surface area contributed by atoms with Gasteiger partial charge in [0.2, 0.25) is 0 Å². The van der Waals surface area contributed by atoms with Crippen LogP contribution in [-0.2, 0) is 6.42 Å². The molecule has 2 aromatic rings. The molecule has 0 aliphatic heterocycles. The van der Waals surface area contributed by atoms with Gasteiger partial charge in [0.05, 0.1) is 0 Å². The molecule has 0 amide bonds. The first-order valence-corrected chi connectivity index (χ1v) is 7.51. The van der Waals surface area contributed by atoms with Crippen molar-refractivity contribution >= 4 is 0 Å². The molecule has 0 aliphatic rings. The zero-order valence-corrected chi connectivity index (χ0v) is 12.8. The third kappa shape index (κ3) is 3.29. The van der Waals surface area contributed by atoms with Gasteiger partial charge in [-0.15, -0.1) is 0 Å². The fourth-order valence-electron chi connectivity index (χ4n) is 2.66. The average molecular weight is 267 g/mol. The summed E-state index contributed by atoms with van der Waals surface area (Å²) in [6, 6.07) is 15.8. The van der Waals surface area contributed by atoms with E-state index in [4.69, 9.17) is 5.73 Å². The van der Waals surface area contributed by atoms with Gasteiger partial charge >= 0.3 is 0 Å². The van der Waals surface area contributed by atoms with E-state index in [9.17, 15) is 0 Å². The first-order valence-electron chi connectivity index (χ1n) is 7.51. The highest BCUT2D eigenvalue weighted by atomic mass is 14.5. The first kappa shape index (κ1) is 14.8. The normalized spacial score (nSPS) is 12.4. The van der Waals surface area contributed by atoms with Gasteiger partial charge < -0.3 is 5.73 Å². The lowest BCUT2D eigenvalue weighted by atomic mass is 9.86. The standard InChI is InChI=1S/C19H25N/c1-4-16-6-9-17(10-7-16)19(11-12-20)18-8-5-14(2)15(3)13-18/h5-10,13,19H,4,11-12,20H2,1-3H3. The van der Waals surface area contributed by atoms with Crippen LogP contribution in [0.25, 0.3) is 0 Å². The Labute approximate surface area is 122 Å². The fraction of sp³-hybridized carbons (Fsp3) is 0.368. The molecule has 0 radical (unpaired) electrons. The Morgan fingerprint density at radius 2 is 1.55 bits per heavy atom. The summed E-state index contributed by atoms with van der Waals surface area (Å²) in [5.74, 6) is 0.408. The molecule has 0 saturated carbocycles. The summed E-state index contributed by atoms with van der Waals surface area (Å²) < 4.78 is 0. The molecule has 1 atom stereocenters. The molecule has 0 aliphatic carbocycles. The van der Waals surface area contributed by atoms with E-state index in [1.807, 2.05) is 0 Å². The molecule has 20 heavy (non-hydrogen) atoms. The van der Waals surface area contributed by atoms with Crippen LogP contribution in [0.5, 0.6) is 0 Å². The highest BCUT2D eigenvalue weighted by molar-refractivity contribution is 5.38. The van der Waals surface area contributed by atoms with Gasteiger partial charge in [-0.3, -0.25) is 0 Å². The van der Waals surface area contributed by atoms with Crippen LogP contribution in [0, 0.1) is 13.8 Å². The molecule has 1 unspecified atom stereocenters. The van der Waals surface area contributed by atoms with Crippen molar-refractivity contribution in [3.63, 3.8) is 0 Å². The van der Waals surface area contributed by atoms with Crippen molar-refractivity contribution in [3.8, 4) is 0 Å². The molecule has 2 rings (SSSR count). The van der Waals surface area contributed by atoms with Crippen molar-refractivity contribution in [1.82, 2.24) is 0 Å². The minimum Gasteiger partial charge on any atom is -0.330 e. The lowest BCUT2D eigenvalue weighted by molar-refractivity contribution is 0.725. The van der Waals surface area contributed by atoms with Crippen molar-refractivity contribution in [2.45, 2.75) is 39.5 Å². The smallest absolute Gasteiger partial charge is 0.0101 e. The second-order valence-electron chi connectivity index (χ2n) is 5.57. The number of nitrogens with two attached hydrogens (primary N) is 1. The van der Waals surface area contributed by atoms with E-state index in [2.05, 4.69) is 63.2 Å². The van der Waals surface area contributed by atoms with Crippen LogP contribution < -0.4 is 5.73 Å². The molecule has 2 aromatic carbocycles. The maximum Gasteiger partial charge on any atom is 0.0101 e. The SMILES string of the molecule is CCc1ccc(C(CCN)c2ccc(C)c(C)c2)cc1. The minimum atomic E-state index is 0.408. The largest absolute Gasteiger partial charge is 0.330 e. The maximum atomic E-state index is 5.83. The van der Waals surface area contributed by atoms with Gasteiger partial charge in [-0.05, 0) is 61.1 Å². The monoisotopic (exact) mass is 267 g/mol. The Balaban J connectivity index is 2.35. The van der Waals surface area contributed by atoms with E-state index in [-0.39, 0.29) is 0 Å². The molecule has 0 saturated heterocycles. The molecular weight excluding hydrogens is 242 g/mol. The summed E-state index contributed by atoms with van der Waals surface area (Å²) in [6.45, 7) is 7.24. The summed E-state index contributed by atoms with van der Waals surface area (Å²) in [6.07, 6.45) is 2.08. The van der Waals surface area contributed by atoms with Gasteiger partial charge in [-0.1, -0.05) is 49.4 Å². The molecule has 0 aromatic heterocycles. The molecular formula is C19H25N. The zero-order chi connectivity index (χ0) is 14.5. The third-order valence-corrected chi connectivity index (χ3v) is 4.18. The quantitative estimate of drug-likeness (QED) is 0.856. The molecule has 0 bridgehead atoms. The van der Waals surface area contributed by atoms with Gasteiger partial charge in [-0.2, -0.15) is 0 Å². The van der Waals surface area contributed by atoms with Gasteiger partial charge in [0, 0.05) is 5.92 Å². The second-order valence-corrected chi connectivity index (χ2v) is 5.57. The Hall–Kier alpha value is -1.60. The van der Waals surface area contributed by atoms with Crippen molar-refractivity contribution in [3.05, 3.63) is 70.3 Å². The van der Waals surface area contributed by atoms with E-state index < -0.39 is 0 Å². The number of hydrogen-bond acceptors (Lipinski definition) is 1. The highest BCUT2D eigenvalue weighted by Crippen LogP contribution is 2.29. The minimum absolute atomic E-state index is 0.408. The number of rotatable bonds is 5. The van der Waals surface area contributed by atoms with Gasteiger partial charge in [-0.25, -0.2) is 0 Å². The molecule has 1 heteroatoms. The van der Waals surface area contributed by atoms with Gasteiger partial charge in [0.1, 0.15) is 0 Å². The lowest BCUT2D eigenvalue weighted by Crippen LogP contribution is -2.09. The maximum absolute atomic E-state index is 5.83. The van der Waals surface area contributed by atoms with Crippen LogP contribution in [0.15, 0.2) is 42.5 Å². The summed E-state index contributed by atoms with van der Waals surface area (Å²) in [4.78, 5) is 0. The highest BCUT2D eigenvalue weighted by Gasteiger charge is 2.14. The van der Waals surface area contributed by atoms with Gasteiger partial charge in [0.15, 0.2) is 0 Å². The number of benzene rings is 2. The molecule has 0 fully saturated rings. The topological polar surface area (TPSA) is 26.0 Å². The fourth-order valence-corrected chi connectivity index (χ4v) is 2.66. The van der Waals surface area contributed by atoms with Crippen molar-refractivity contribution in [1.29, 1.82) is 0 Å². The van der Waals surface area contributed by atoms with Crippen molar-refractivity contribution in [2.75, 3.05) is 6.54 Å². The predicted octanol–water partition coefficient (Wildman–Crippen LogP) is 4.35.